The predicted octanol–water partition coefficient (Wildman–Crippen LogP) is 4.22. The van der Waals surface area contributed by atoms with Gasteiger partial charge in [-0.1, -0.05) is 29.8 Å². The van der Waals surface area contributed by atoms with E-state index in [1.54, 1.807) is 0 Å². The van der Waals surface area contributed by atoms with Gasteiger partial charge in [-0.25, -0.2) is 0 Å². The summed E-state index contributed by atoms with van der Waals surface area (Å²) in [7, 11) is 0. The van der Waals surface area contributed by atoms with Crippen LogP contribution in [0.25, 0.3) is 0 Å². The topological polar surface area (TPSA) is 35.2 Å². The van der Waals surface area contributed by atoms with E-state index in [0.717, 1.165) is 42.2 Å². The zero-order valence-electron chi connectivity index (χ0n) is 12.2. The molecule has 1 aliphatic rings. The van der Waals surface area contributed by atoms with Gasteiger partial charge in [0.05, 0.1) is 6.61 Å². The molecule has 3 rings (SSSR count). The molecule has 0 amide bonds. The Morgan fingerprint density at radius 1 is 1.24 bits per heavy atom. The number of hydrogen-bond donors (Lipinski definition) is 1. The average Bonchev–Trinajstić information content (AvgIpc) is 2.92. The molecule has 1 heterocycles. The summed E-state index contributed by atoms with van der Waals surface area (Å²) in [6, 6.07) is 12.5. The highest BCUT2D eigenvalue weighted by Gasteiger charge is 2.13. The average molecular weight is 302 g/mol. The second-order valence-corrected chi connectivity index (χ2v) is 6.12. The van der Waals surface area contributed by atoms with Crippen LogP contribution in [0, 0.1) is 6.92 Å². The van der Waals surface area contributed by atoms with E-state index in [1.807, 2.05) is 18.2 Å². The van der Waals surface area contributed by atoms with Crippen LogP contribution in [0.15, 0.2) is 36.4 Å². The zero-order chi connectivity index (χ0) is 14.8. The molecule has 2 aromatic rings. The van der Waals surface area contributed by atoms with E-state index in [-0.39, 0.29) is 6.04 Å². The summed E-state index contributed by atoms with van der Waals surface area (Å²) in [6.07, 6.45) is 2.93. The van der Waals surface area contributed by atoms with E-state index in [0.29, 0.717) is 0 Å². The number of halogens is 1. The Hall–Kier alpha value is -1.51. The first kappa shape index (κ1) is 14.4. The third-order valence-corrected chi connectivity index (χ3v) is 4.36. The third kappa shape index (κ3) is 3.22. The van der Waals surface area contributed by atoms with Gasteiger partial charge in [-0.15, -0.1) is 0 Å². The molecule has 21 heavy (non-hydrogen) atoms. The predicted molar refractivity (Wildman–Crippen MR) is 87.1 cm³/mol. The van der Waals surface area contributed by atoms with E-state index in [9.17, 15) is 0 Å². The molecule has 2 aromatic carbocycles. The summed E-state index contributed by atoms with van der Waals surface area (Å²) in [4.78, 5) is 0. The zero-order valence-corrected chi connectivity index (χ0v) is 13.0. The maximum absolute atomic E-state index is 6.34. The van der Waals surface area contributed by atoms with Gasteiger partial charge in [0.15, 0.2) is 0 Å². The Labute approximate surface area is 130 Å². The maximum atomic E-state index is 6.34. The summed E-state index contributed by atoms with van der Waals surface area (Å²) < 4.78 is 5.54. The number of aryl methyl sites for hydroxylation is 2. The second kappa shape index (κ2) is 6.08. The lowest BCUT2D eigenvalue weighted by atomic mass is 9.95. The van der Waals surface area contributed by atoms with Crippen LogP contribution in [0.5, 0.6) is 5.75 Å². The fourth-order valence-corrected chi connectivity index (χ4v) is 3.15. The molecular weight excluding hydrogens is 282 g/mol. The highest BCUT2D eigenvalue weighted by atomic mass is 35.5. The minimum atomic E-state index is 0.0479. The number of nitrogens with two attached hydrogens (primary N) is 1. The molecule has 1 unspecified atom stereocenters. The maximum Gasteiger partial charge on any atom is 0.122 e. The first-order valence-electron chi connectivity index (χ1n) is 7.40. The monoisotopic (exact) mass is 301 g/mol. The molecular formula is C18H20ClNO. The largest absolute Gasteiger partial charge is 0.493 e. The van der Waals surface area contributed by atoms with Crippen LogP contribution in [0.3, 0.4) is 0 Å². The number of fused-ring (bicyclic) bond motifs is 1. The first-order chi connectivity index (χ1) is 10.1. The van der Waals surface area contributed by atoms with Gasteiger partial charge in [0.2, 0.25) is 0 Å². The Bertz CT molecular complexity index is 654. The smallest absolute Gasteiger partial charge is 0.122 e. The lowest BCUT2D eigenvalue weighted by Crippen LogP contribution is -2.12. The molecule has 2 nitrogen and oxygen atoms in total. The number of benzene rings is 2. The third-order valence-electron chi connectivity index (χ3n) is 4.13. The summed E-state index contributed by atoms with van der Waals surface area (Å²) in [5.41, 5.74) is 11.3. The van der Waals surface area contributed by atoms with E-state index >= 15 is 0 Å². The van der Waals surface area contributed by atoms with Crippen molar-refractivity contribution in [1.29, 1.82) is 0 Å². The van der Waals surface area contributed by atoms with Crippen molar-refractivity contribution in [3.63, 3.8) is 0 Å². The van der Waals surface area contributed by atoms with Gasteiger partial charge in [-0.2, -0.15) is 0 Å². The molecule has 0 aliphatic carbocycles. The lowest BCUT2D eigenvalue weighted by molar-refractivity contribution is 0.357. The molecule has 1 aliphatic heterocycles. The quantitative estimate of drug-likeness (QED) is 0.918. The first-order valence-corrected chi connectivity index (χ1v) is 7.77. The number of ether oxygens (including phenoxy) is 1. The van der Waals surface area contributed by atoms with Crippen LogP contribution in [0.4, 0.5) is 0 Å². The van der Waals surface area contributed by atoms with Gasteiger partial charge < -0.3 is 10.5 Å². The van der Waals surface area contributed by atoms with Crippen molar-refractivity contribution < 1.29 is 4.74 Å². The van der Waals surface area contributed by atoms with Gasteiger partial charge in [0, 0.05) is 17.5 Å². The molecule has 2 N–H and O–H groups in total. The normalized spacial score (nSPS) is 14.6. The standard InChI is InChI=1S/C18H20ClNO/c1-12-10-15(19)4-5-16(12)17(20)6-2-13-3-7-18-14(11-13)8-9-21-18/h3-5,7,10-11,17H,2,6,8-9,20H2,1H3. The minimum absolute atomic E-state index is 0.0479. The van der Waals surface area contributed by atoms with Crippen LogP contribution in [-0.2, 0) is 12.8 Å². The Morgan fingerprint density at radius 2 is 2.10 bits per heavy atom. The lowest BCUT2D eigenvalue weighted by Gasteiger charge is -2.15. The number of rotatable bonds is 4. The summed E-state index contributed by atoms with van der Waals surface area (Å²) in [5.74, 6) is 1.04. The SMILES string of the molecule is Cc1cc(Cl)ccc1C(N)CCc1ccc2c(c1)CCO2. The number of hydrogen-bond acceptors (Lipinski definition) is 2. The van der Waals surface area contributed by atoms with Crippen molar-refractivity contribution in [2.24, 2.45) is 5.73 Å². The molecule has 0 fully saturated rings. The highest BCUT2D eigenvalue weighted by molar-refractivity contribution is 6.30. The molecule has 110 valence electrons. The Morgan fingerprint density at radius 3 is 2.90 bits per heavy atom. The molecule has 0 saturated carbocycles. The van der Waals surface area contributed by atoms with Gasteiger partial charge in [-0.05, 0) is 60.2 Å². The molecule has 1 atom stereocenters. The fraction of sp³-hybridized carbons (Fsp3) is 0.333. The van der Waals surface area contributed by atoms with Gasteiger partial charge in [0.1, 0.15) is 5.75 Å². The summed E-state index contributed by atoms with van der Waals surface area (Å²) in [5, 5.41) is 0.766. The van der Waals surface area contributed by atoms with Crippen molar-refractivity contribution in [2.75, 3.05) is 6.61 Å². The van der Waals surface area contributed by atoms with E-state index in [1.165, 1.54) is 16.7 Å². The molecule has 0 bridgehead atoms. The van der Waals surface area contributed by atoms with Gasteiger partial charge in [0.25, 0.3) is 0 Å². The van der Waals surface area contributed by atoms with Crippen LogP contribution in [0.1, 0.15) is 34.7 Å². The molecule has 0 spiro atoms. The fourth-order valence-electron chi connectivity index (χ4n) is 2.93. The molecule has 0 aromatic heterocycles. The second-order valence-electron chi connectivity index (χ2n) is 5.69. The van der Waals surface area contributed by atoms with Crippen molar-refractivity contribution in [2.45, 2.75) is 32.2 Å². The van der Waals surface area contributed by atoms with E-state index in [2.05, 4.69) is 25.1 Å². The highest BCUT2D eigenvalue weighted by Crippen LogP contribution is 2.28. The van der Waals surface area contributed by atoms with Gasteiger partial charge in [-0.3, -0.25) is 0 Å². The van der Waals surface area contributed by atoms with Crippen molar-refractivity contribution in [1.82, 2.24) is 0 Å². The van der Waals surface area contributed by atoms with Gasteiger partial charge >= 0.3 is 0 Å². The molecule has 0 saturated heterocycles. The molecule has 0 radical (unpaired) electrons. The Balaban J connectivity index is 1.67. The van der Waals surface area contributed by atoms with Crippen LogP contribution in [0.2, 0.25) is 5.02 Å². The van der Waals surface area contributed by atoms with Crippen LogP contribution < -0.4 is 10.5 Å². The van der Waals surface area contributed by atoms with E-state index in [4.69, 9.17) is 22.1 Å². The van der Waals surface area contributed by atoms with Crippen molar-refractivity contribution in [3.05, 3.63) is 63.7 Å². The van der Waals surface area contributed by atoms with Crippen LogP contribution in [-0.4, -0.2) is 6.61 Å². The van der Waals surface area contributed by atoms with Crippen molar-refractivity contribution in [3.8, 4) is 5.75 Å². The van der Waals surface area contributed by atoms with Crippen LogP contribution >= 0.6 is 11.6 Å². The summed E-state index contributed by atoms with van der Waals surface area (Å²) >= 11 is 6.00. The Kier molecular flexibility index (Phi) is 4.18. The molecule has 3 heteroatoms. The minimum Gasteiger partial charge on any atom is -0.493 e. The van der Waals surface area contributed by atoms with Crippen molar-refractivity contribution >= 4 is 11.6 Å². The van der Waals surface area contributed by atoms with E-state index < -0.39 is 0 Å². The summed E-state index contributed by atoms with van der Waals surface area (Å²) in [6.45, 7) is 2.87.